The van der Waals surface area contributed by atoms with E-state index in [-0.39, 0.29) is 17.8 Å². The fraction of sp³-hybridized carbons (Fsp3) is 0.353. The van der Waals surface area contributed by atoms with E-state index in [2.05, 4.69) is 0 Å². The van der Waals surface area contributed by atoms with Gasteiger partial charge in [0, 0.05) is 0 Å². The van der Waals surface area contributed by atoms with Crippen LogP contribution in [0.4, 0.5) is 0 Å². The molecule has 19 heavy (non-hydrogen) atoms. The Morgan fingerprint density at radius 3 is 2.58 bits per heavy atom. The van der Waals surface area contributed by atoms with Gasteiger partial charge >= 0.3 is 5.97 Å². The van der Waals surface area contributed by atoms with Crippen molar-refractivity contribution < 1.29 is 9.53 Å². The predicted octanol–water partition coefficient (Wildman–Crippen LogP) is 4.09. The summed E-state index contributed by atoms with van der Waals surface area (Å²) in [7, 11) is 1.44. The summed E-state index contributed by atoms with van der Waals surface area (Å²) in [6.45, 7) is 4.00. The molecule has 0 N–H and O–H groups in total. The molecule has 0 saturated heterocycles. The van der Waals surface area contributed by atoms with E-state index in [0.717, 1.165) is 5.56 Å². The number of rotatable bonds is 6. The number of methoxy groups -OCH3 is 1. The minimum atomic E-state index is -0.150. The summed E-state index contributed by atoms with van der Waals surface area (Å²) in [5.41, 5.74) is 1.14. The highest BCUT2D eigenvalue weighted by atomic mass is 16.5. The summed E-state index contributed by atoms with van der Waals surface area (Å²) in [4.78, 5) is 11.8. The average Bonchev–Trinajstić information content (AvgIpc) is 2.44. The van der Waals surface area contributed by atoms with Gasteiger partial charge in [0.15, 0.2) is 0 Å². The fourth-order valence-corrected chi connectivity index (χ4v) is 2.03. The SMILES string of the molecule is C/C=C/[C@H](C)[C@@H](C/C=C/c1ccccc1)C(=O)OC. The second kappa shape index (κ2) is 8.30. The van der Waals surface area contributed by atoms with Crippen LogP contribution in [0.2, 0.25) is 0 Å². The lowest BCUT2D eigenvalue weighted by atomic mass is 9.90. The normalized spacial score (nSPS) is 14.7. The van der Waals surface area contributed by atoms with Gasteiger partial charge in [0.05, 0.1) is 13.0 Å². The van der Waals surface area contributed by atoms with Gasteiger partial charge in [-0.25, -0.2) is 0 Å². The van der Waals surface area contributed by atoms with E-state index in [4.69, 9.17) is 4.74 Å². The zero-order valence-corrected chi connectivity index (χ0v) is 11.9. The molecule has 1 aromatic rings. The third kappa shape index (κ3) is 5.12. The van der Waals surface area contributed by atoms with E-state index < -0.39 is 0 Å². The molecule has 0 aliphatic carbocycles. The van der Waals surface area contributed by atoms with E-state index in [9.17, 15) is 4.79 Å². The molecule has 0 heterocycles. The molecule has 2 atom stereocenters. The van der Waals surface area contributed by atoms with E-state index in [1.807, 2.05) is 68.5 Å². The van der Waals surface area contributed by atoms with Gasteiger partial charge in [0.2, 0.25) is 0 Å². The van der Waals surface area contributed by atoms with Crippen LogP contribution < -0.4 is 0 Å². The number of carbonyl (C=O) groups is 1. The molecule has 1 aromatic carbocycles. The number of hydrogen-bond acceptors (Lipinski definition) is 2. The van der Waals surface area contributed by atoms with E-state index in [1.165, 1.54) is 7.11 Å². The molecule has 102 valence electrons. The third-order valence-corrected chi connectivity index (χ3v) is 3.13. The van der Waals surface area contributed by atoms with E-state index >= 15 is 0 Å². The average molecular weight is 258 g/mol. The number of carbonyl (C=O) groups excluding carboxylic acids is 1. The standard InChI is InChI=1S/C17H22O2/c1-4-9-14(2)16(17(18)19-3)13-8-12-15-10-6-5-7-11-15/h4-12,14,16H,13H2,1-3H3/b9-4+,12-8+/t14-,16+/m0/s1. The number of esters is 1. The molecular weight excluding hydrogens is 236 g/mol. The van der Waals surface area contributed by atoms with E-state index in [1.54, 1.807) is 0 Å². The Balaban J connectivity index is 2.68. The third-order valence-electron chi connectivity index (χ3n) is 3.13. The first kappa shape index (κ1) is 15.2. The largest absolute Gasteiger partial charge is 0.469 e. The number of ether oxygens (including phenoxy) is 1. The fourth-order valence-electron chi connectivity index (χ4n) is 2.03. The highest BCUT2D eigenvalue weighted by Gasteiger charge is 2.22. The van der Waals surface area contributed by atoms with Crippen molar-refractivity contribution in [2.75, 3.05) is 7.11 Å². The molecule has 2 nitrogen and oxygen atoms in total. The molecule has 2 heteroatoms. The molecule has 0 saturated carbocycles. The summed E-state index contributed by atoms with van der Waals surface area (Å²) in [6.07, 6.45) is 8.78. The number of hydrogen-bond donors (Lipinski definition) is 0. The molecule has 1 rings (SSSR count). The van der Waals surface area contributed by atoms with Crippen molar-refractivity contribution >= 4 is 12.0 Å². The highest BCUT2D eigenvalue weighted by molar-refractivity contribution is 5.73. The zero-order chi connectivity index (χ0) is 14.1. The lowest BCUT2D eigenvalue weighted by Gasteiger charge is -2.17. The number of benzene rings is 1. The van der Waals surface area contributed by atoms with Crippen molar-refractivity contribution in [3.05, 3.63) is 54.1 Å². The van der Waals surface area contributed by atoms with Gasteiger partial charge in [-0.15, -0.1) is 0 Å². The minimum Gasteiger partial charge on any atom is -0.469 e. The Morgan fingerprint density at radius 2 is 2.00 bits per heavy atom. The maximum Gasteiger partial charge on any atom is 0.309 e. The Morgan fingerprint density at radius 1 is 1.32 bits per heavy atom. The quantitative estimate of drug-likeness (QED) is 0.567. The smallest absolute Gasteiger partial charge is 0.309 e. The van der Waals surface area contributed by atoms with E-state index in [0.29, 0.717) is 6.42 Å². The molecule has 0 unspecified atom stereocenters. The van der Waals surface area contributed by atoms with Crippen LogP contribution in [0, 0.1) is 11.8 Å². The maximum atomic E-state index is 11.8. The molecule has 0 fully saturated rings. The van der Waals surface area contributed by atoms with Gasteiger partial charge in [0.1, 0.15) is 0 Å². The monoisotopic (exact) mass is 258 g/mol. The lowest BCUT2D eigenvalue weighted by Crippen LogP contribution is -2.21. The Kier molecular flexibility index (Phi) is 6.65. The van der Waals surface area contributed by atoms with Crippen LogP contribution in [0.1, 0.15) is 25.8 Å². The first-order chi connectivity index (χ1) is 9.19. The molecule has 0 aliphatic heterocycles. The molecule has 0 aromatic heterocycles. The molecule has 0 bridgehead atoms. The summed E-state index contributed by atoms with van der Waals surface area (Å²) < 4.78 is 4.88. The highest BCUT2D eigenvalue weighted by Crippen LogP contribution is 2.20. The summed E-state index contributed by atoms with van der Waals surface area (Å²) >= 11 is 0. The first-order valence-corrected chi connectivity index (χ1v) is 6.61. The second-order valence-corrected chi connectivity index (χ2v) is 4.56. The zero-order valence-electron chi connectivity index (χ0n) is 11.9. The Labute approximate surface area is 115 Å². The van der Waals surface area contributed by atoms with Crippen molar-refractivity contribution in [1.29, 1.82) is 0 Å². The predicted molar refractivity (Wildman–Crippen MR) is 79.6 cm³/mol. The van der Waals surface area contributed by atoms with Crippen LogP contribution >= 0.6 is 0 Å². The van der Waals surface area contributed by atoms with Crippen molar-refractivity contribution in [3.8, 4) is 0 Å². The van der Waals surface area contributed by atoms with Crippen LogP contribution in [0.5, 0.6) is 0 Å². The minimum absolute atomic E-state index is 0.124. The van der Waals surface area contributed by atoms with Gasteiger partial charge in [-0.3, -0.25) is 4.79 Å². The van der Waals surface area contributed by atoms with Gasteiger partial charge in [-0.05, 0) is 24.8 Å². The van der Waals surface area contributed by atoms with Crippen LogP contribution in [0.25, 0.3) is 6.08 Å². The van der Waals surface area contributed by atoms with Crippen molar-refractivity contribution in [3.63, 3.8) is 0 Å². The van der Waals surface area contributed by atoms with Crippen LogP contribution in [0.3, 0.4) is 0 Å². The van der Waals surface area contributed by atoms with Crippen LogP contribution in [-0.4, -0.2) is 13.1 Å². The molecule has 0 amide bonds. The van der Waals surface area contributed by atoms with Gasteiger partial charge in [-0.2, -0.15) is 0 Å². The van der Waals surface area contributed by atoms with Gasteiger partial charge in [0.25, 0.3) is 0 Å². The molecule has 0 spiro atoms. The summed E-state index contributed by atoms with van der Waals surface area (Å²) in [5, 5.41) is 0. The summed E-state index contributed by atoms with van der Waals surface area (Å²) in [5.74, 6) is -0.0950. The maximum absolute atomic E-state index is 11.8. The van der Waals surface area contributed by atoms with Crippen molar-refractivity contribution in [1.82, 2.24) is 0 Å². The van der Waals surface area contributed by atoms with Crippen molar-refractivity contribution in [2.24, 2.45) is 11.8 Å². The topological polar surface area (TPSA) is 26.3 Å². The van der Waals surface area contributed by atoms with Crippen LogP contribution in [-0.2, 0) is 9.53 Å². The molecular formula is C17H22O2. The Bertz CT molecular complexity index is 432. The lowest BCUT2D eigenvalue weighted by molar-refractivity contribution is -0.146. The van der Waals surface area contributed by atoms with Crippen LogP contribution in [0.15, 0.2) is 48.6 Å². The first-order valence-electron chi connectivity index (χ1n) is 6.61. The molecule has 0 radical (unpaired) electrons. The van der Waals surface area contributed by atoms with Gasteiger partial charge < -0.3 is 4.74 Å². The van der Waals surface area contributed by atoms with Crippen molar-refractivity contribution in [2.45, 2.75) is 20.3 Å². The molecule has 0 aliphatic rings. The number of allylic oxidation sites excluding steroid dienone is 3. The second-order valence-electron chi connectivity index (χ2n) is 4.56. The summed E-state index contributed by atoms with van der Waals surface area (Å²) in [6, 6.07) is 10.1. The Hall–Kier alpha value is -1.83. The van der Waals surface area contributed by atoms with Gasteiger partial charge in [-0.1, -0.05) is 61.6 Å².